The van der Waals surface area contributed by atoms with Crippen LogP contribution in [0.2, 0.25) is 0 Å². The van der Waals surface area contributed by atoms with Crippen molar-refractivity contribution in [2.24, 2.45) is 46.3 Å². The fourth-order valence-electron chi connectivity index (χ4n) is 7.87. The number of carbonyl (C=O) groups excluding carboxylic acids is 1. The number of carbonyl (C=O) groups is 1. The molecule has 27 heavy (non-hydrogen) atoms. The molecule has 0 radical (unpaired) electrons. The summed E-state index contributed by atoms with van der Waals surface area (Å²) in [5, 5.41) is 3.37. The minimum absolute atomic E-state index is 0.0376. The van der Waals surface area contributed by atoms with E-state index in [9.17, 15) is 4.79 Å². The molecule has 5 fully saturated rings. The van der Waals surface area contributed by atoms with Crippen LogP contribution < -0.4 is 5.32 Å². The number of hydrogen-bond donors (Lipinski definition) is 1. The summed E-state index contributed by atoms with van der Waals surface area (Å²) < 4.78 is 0. The Morgan fingerprint density at radius 3 is 2.56 bits per heavy atom. The van der Waals surface area contributed by atoms with Gasteiger partial charge < -0.3 is 5.32 Å². The van der Waals surface area contributed by atoms with Gasteiger partial charge in [0.1, 0.15) is 5.78 Å². The smallest absolute Gasteiger partial charge is 0.139 e. The lowest BCUT2D eigenvalue weighted by atomic mass is 9.44. The van der Waals surface area contributed by atoms with Crippen molar-refractivity contribution in [1.82, 2.24) is 5.32 Å². The monoisotopic (exact) mass is 367 g/mol. The molecule has 0 amide bonds. The highest BCUT2D eigenvalue weighted by Gasteiger charge is 2.61. The van der Waals surface area contributed by atoms with Gasteiger partial charge in [0, 0.05) is 30.8 Å². The van der Waals surface area contributed by atoms with Crippen LogP contribution in [0, 0.1) is 46.3 Å². The molecule has 0 aromatic rings. The molecular formula is C25H37NO. The first-order valence-corrected chi connectivity index (χ1v) is 11.5. The molecule has 2 unspecified atom stereocenters. The molecule has 2 heteroatoms. The molecule has 1 N–H and O–H groups in total. The van der Waals surface area contributed by atoms with Crippen LogP contribution in [0.15, 0.2) is 24.3 Å². The highest BCUT2D eigenvalue weighted by molar-refractivity contribution is 5.87. The van der Waals surface area contributed by atoms with Crippen LogP contribution in [0.5, 0.6) is 0 Å². The van der Waals surface area contributed by atoms with Crippen LogP contribution >= 0.6 is 0 Å². The normalized spacial score (nSPS) is 50.2. The highest BCUT2D eigenvalue weighted by Crippen LogP contribution is 2.66. The van der Waals surface area contributed by atoms with Crippen LogP contribution in [-0.4, -0.2) is 18.9 Å². The van der Waals surface area contributed by atoms with Gasteiger partial charge in [0.2, 0.25) is 0 Å². The van der Waals surface area contributed by atoms with Crippen LogP contribution in [-0.2, 0) is 4.79 Å². The topological polar surface area (TPSA) is 29.1 Å². The summed E-state index contributed by atoms with van der Waals surface area (Å²) in [6.07, 6.45) is 14.7. The minimum atomic E-state index is -0.0376. The van der Waals surface area contributed by atoms with Gasteiger partial charge in [-0.2, -0.15) is 0 Å². The lowest BCUT2D eigenvalue weighted by molar-refractivity contribution is -0.134. The maximum atomic E-state index is 12.6. The van der Waals surface area contributed by atoms with Crippen molar-refractivity contribution in [3.05, 3.63) is 24.3 Å². The SMILES string of the molecule is C=C1CC2CC(C=CC3CNC3)CC[C@]2(C)[C@@H]2CC[C@]3(C)C(=O)CC[C@H]3[C@H]12. The van der Waals surface area contributed by atoms with Crippen LogP contribution in [0.1, 0.15) is 65.2 Å². The Morgan fingerprint density at radius 2 is 1.81 bits per heavy atom. The Labute approximate surface area is 165 Å². The second-order valence-electron chi connectivity index (χ2n) is 11.1. The van der Waals surface area contributed by atoms with Crippen LogP contribution in [0.25, 0.3) is 0 Å². The van der Waals surface area contributed by atoms with Gasteiger partial charge in [-0.15, -0.1) is 0 Å². The third kappa shape index (κ3) is 2.65. The molecule has 7 atom stereocenters. The molecule has 1 saturated heterocycles. The molecule has 0 bridgehead atoms. The first-order chi connectivity index (χ1) is 12.9. The Balaban J connectivity index is 1.36. The lowest BCUT2D eigenvalue weighted by Crippen LogP contribution is -2.54. The highest BCUT2D eigenvalue weighted by atomic mass is 16.1. The molecule has 0 aromatic carbocycles. The molecule has 5 aliphatic rings. The third-order valence-corrected chi connectivity index (χ3v) is 9.85. The summed E-state index contributed by atoms with van der Waals surface area (Å²) in [6.45, 7) is 11.8. The predicted octanol–water partition coefficient (Wildman–Crippen LogP) is 5.16. The fourth-order valence-corrected chi connectivity index (χ4v) is 7.87. The maximum absolute atomic E-state index is 12.6. The van der Waals surface area contributed by atoms with Gasteiger partial charge in [0.05, 0.1) is 0 Å². The molecule has 148 valence electrons. The van der Waals surface area contributed by atoms with Crippen LogP contribution in [0.3, 0.4) is 0 Å². The Hall–Kier alpha value is -0.890. The number of ketones is 1. The summed E-state index contributed by atoms with van der Waals surface area (Å²) in [7, 11) is 0. The number of Topliss-reactive ketones (excluding diaryl/α,β-unsaturated/α-hetero) is 1. The number of nitrogens with one attached hydrogen (secondary N) is 1. The first-order valence-electron chi connectivity index (χ1n) is 11.5. The zero-order valence-corrected chi connectivity index (χ0v) is 17.3. The van der Waals surface area contributed by atoms with E-state index in [-0.39, 0.29) is 5.41 Å². The van der Waals surface area contributed by atoms with E-state index < -0.39 is 0 Å². The maximum Gasteiger partial charge on any atom is 0.139 e. The molecule has 0 spiro atoms. The van der Waals surface area contributed by atoms with Crippen molar-refractivity contribution < 1.29 is 4.79 Å². The Kier molecular flexibility index (Phi) is 4.24. The largest absolute Gasteiger partial charge is 0.315 e. The lowest BCUT2D eigenvalue weighted by Gasteiger charge is -2.61. The molecule has 4 aliphatic carbocycles. The Morgan fingerprint density at radius 1 is 1.04 bits per heavy atom. The number of allylic oxidation sites excluding steroid dienone is 2. The fraction of sp³-hybridized carbons (Fsp3) is 0.800. The summed E-state index contributed by atoms with van der Waals surface area (Å²) in [4.78, 5) is 12.6. The van der Waals surface area contributed by atoms with Crippen molar-refractivity contribution in [2.75, 3.05) is 13.1 Å². The van der Waals surface area contributed by atoms with Gasteiger partial charge in [-0.05, 0) is 80.0 Å². The molecule has 5 rings (SSSR count). The molecular weight excluding hydrogens is 330 g/mol. The van der Waals surface area contributed by atoms with E-state index in [1.807, 2.05) is 0 Å². The molecule has 1 aliphatic heterocycles. The number of rotatable bonds is 2. The van der Waals surface area contributed by atoms with Gasteiger partial charge in [-0.3, -0.25) is 4.79 Å². The zero-order valence-electron chi connectivity index (χ0n) is 17.3. The van der Waals surface area contributed by atoms with Gasteiger partial charge in [0.15, 0.2) is 0 Å². The van der Waals surface area contributed by atoms with Crippen molar-refractivity contribution in [2.45, 2.75) is 65.2 Å². The molecule has 4 saturated carbocycles. The van der Waals surface area contributed by atoms with Crippen molar-refractivity contribution in [1.29, 1.82) is 0 Å². The van der Waals surface area contributed by atoms with E-state index in [4.69, 9.17) is 0 Å². The van der Waals surface area contributed by atoms with Gasteiger partial charge in [-0.1, -0.05) is 38.2 Å². The first kappa shape index (κ1) is 18.2. The van der Waals surface area contributed by atoms with Crippen LogP contribution in [0.4, 0.5) is 0 Å². The summed E-state index contributed by atoms with van der Waals surface area (Å²) in [6, 6.07) is 0. The van der Waals surface area contributed by atoms with E-state index in [0.29, 0.717) is 23.0 Å². The second-order valence-corrected chi connectivity index (χ2v) is 11.1. The van der Waals surface area contributed by atoms with Crippen molar-refractivity contribution in [3.63, 3.8) is 0 Å². The van der Waals surface area contributed by atoms with E-state index in [0.717, 1.165) is 42.9 Å². The molecule has 1 heterocycles. The average molecular weight is 368 g/mol. The Bertz CT molecular complexity index is 676. The molecule has 2 nitrogen and oxygen atoms in total. The van der Waals surface area contributed by atoms with E-state index in [1.165, 1.54) is 50.8 Å². The van der Waals surface area contributed by atoms with E-state index >= 15 is 0 Å². The van der Waals surface area contributed by atoms with E-state index in [2.05, 4.69) is 37.9 Å². The quantitative estimate of drug-likeness (QED) is 0.683. The van der Waals surface area contributed by atoms with E-state index in [1.54, 1.807) is 0 Å². The zero-order chi connectivity index (χ0) is 18.8. The van der Waals surface area contributed by atoms with Crippen molar-refractivity contribution in [3.8, 4) is 0 Å². The number of fused-ring (bicyclic) bond motifs is 5. The third-order valence-electron chi connectivity index (χ3n) is 9.85. The standard InChI is InChI=1S/C25H37NO/c1-16-12-19-13-17(4-5-18-14-26-15-18)8-10-24(19,2)21-9-11-25(3)20(23(16)21)6-7-22(25)27/h4-5,17-21,23,26H,1,6-15H2,2-3H3/t17?,19?,20-,21+,23-,24-,25-/m0/s1. The molecule has 0 aromatic heterocycles. The summed E-state index contributed by atoms with van der Waals surface area (Å²) >= 11 is 0. The summed E-state index contributed by atoms with van der Waals surface area (Å²) in [5.41, 5.74) is 1.94. The summed E-state index contributed by atoms with van der Waals surface area (Å²) in [5.74, 6) is 4.87. The predicted molar refractivity (Wildman–Crippen MR) is 110 cm³/mol. The van der Waals surface area contributed by atoms with Crippen molar-refractivity contribution >= 4 is 5.78 Å². The average Bonchev–Trinajstić information content (AvgIpc) is 2.90. The van der Waals surface area contributed by atoms with Gasteiger partial charge in [-0.25, -0.2) is 0 Å². The number of hydrogen-bond acceptors (Lipinski definition) is 2. The second kappa shape index (κ2) is 6.31. The minimum Gasteiger partial charge on any atom is -0.315 e. The van der Waals surface area contributed by atoms with Gasteiger partial charge in [0.25, 0.3) is 0 Å². The van der Waals surface area contributed by atoms with Gasteiger partial charge >= 0.3 is 0 Å².